The molecule has 0 saturated heterocycles. The second kappa shape index (κ2) is 17.2. The Morgan fingerprint density at radius 3 is 1.31 bits per heavy atom. The number of carbonyl (C=O) groups is 4. The van der Waals surface area contributed by atoms with Crippen LogP contribution in [0.4, 0.5) is 9.59 Å². The molecule has 0 aliphatic rings. The summed E-state index contributed by atoms with van der Waals surface area (Å²) in [6.45, 7) is 10.6. The minimum atomic E-state index is -0.745. The molecule has 10 nitrogen and oxygen atoms in total. The van der Waals surface area contributed by atoms with Crippen LogP contribution in [0.2, 0.25) is 0 Å². The van der Waals surface area contributed by atoms with Gasteiger partial charge in [0, 0.05) is 0 Å². The molecule has 0 radical (unpaired) electrons. The number of rotatable bonds is 12. The second-order valence-electron chi connectivity index (χ2n) is 9.75. The molecule has 0 saturated carbocycles. The van der Waals surface area contributed by atoms with Crippen molar-refractivity contribution in [3.8, 4) is 11.8 Å². The van der Waals surface area contributed by atoms with E-state index in [9.17, 15) is 19.2 Å². The van der Waals surface area contributed by atoms with Crippen LogP contribution in [0.1, 0.15) is 54.4 Å². The van der Waals surface area contributed by atoms with Crippen molar-refractivity contribution in [3.05, 3.63) is 0 Å². The quantitative estimate of drug-likeness (QED) is 0.274. The van der Waals surface area contributed by atoms with E-state index in [0.29, 0.717) is 24.3 Å². The van der Waals surface area contributed by atoms with Crippen molar-refractivity contribution in [2.45, 2.75) is 77.7 Å². The van der Waals surface area contributed by atoms with E-state index in [4.69, 9.17) is 9.47 Å². The van der Waals surface area contributed by atoms with Gasteiger partial charge in [-0.15, -0.1) is 0 Å². The van der Waals surface area contributed by atoms with Crippen LogP contribution < -0.4 is 21.3 Å². The maximum atomic E-state index is 12.5. The van der Waals surface area contributed by atoms with Gasteiger partial charge < -0.3 is 30.7 Å². The lowest BCUT2D eigenvalue weighted by atomic mass is 10.2. The summed E-state index contributed by atoms with van der Waals surface area (Å²) in [5, 5.41) is 10.5. The molecule has 36 heavy (non-hydrogen) atoms. The summed E-state index contributed by atoms with van der Waals surface area (Å²) in [6.07, 6.45) is 3.39. The third-order valence-corrected chi connectivity index (χ3v) is 5.35. The highest BCUT2D eigenvalue weighted by molar-refractivity contribution is 7.98. The van der Waals surface area contributed by atoms with Crippen LogP contribution in [0.25, 0.3) is 0 Å². The largest absolute Gasteiger partial charge is 0.444 e. The zero-order valence-electron chi connectivity index (χ0n) is 22.7. The first kappa shape index (κ1) is 33.7. The number of ether oxygens (including phenoxy) is 2. The van der Waals surface area contributed by atoms with Crippen LogP contribution in [0.5, 0.6) is 0 Å². The van der Waals surface area contributed by atoms with Crippen molar-refractivity contribution in [1.82, 2.24) is 21.3 Å². The zero-order valence-corrected chi connectivity index (χ0v) is 24.3. The lowest BCUT2D eigenvalue weighted by Gasteiger charge is -2.23. The van der Waals surface area contributed by atoms with E-state index in [0.717, 1.165) is 0 Å². The molecule has 2 atom stereocenters. The molecule has 0 unspecified atom stereocenters. The summed E-state index contributed by atoms with van der Waals surface area (Å²) < 4.78 is 10.5. The smallest absolute Gasteiger partial charge is 0.408 e. The molecule has 0 aromatic rings. The third-order valence-electron chi connectivity index (χ3n) is 4.06. The maximum Gasteiger partial charge on any atom is 0.408 e. The first-order valence-corrected chi connectivity index (χ1v) is 14.4. The van der Waals surface area contributed by atoms with Gasteiger partial charge in [0.25, 0.3) is 0 Å². The topological polar surface area (TPSA) is 135 Å². The molecule has 0 fully saturated rings. The van der Waals surface area contributed by atoms with Crippen LogP contribution in [0.3, 0.4) is 0 Å². The number of hydrogen-bond acceptors (Lipinski definition) is 8. The van der Waals surface area contributed by atoms with Gasteiger partial charge >= 0.3 is 12.2 Å². The molecular weight excluding hydrogens is 504 g/mol. The van der Waals surface area contributed by atoms with Gasteiger partial charge in [0.2, 0.25) is 11.8 Å². The summed E-state index contributed by atoms with van der Waals surface area (Å²) in [4.78, 5) is 49.1. The van der Waals surface area contributed by atoms with Gasteiger partial charge in [-0.3, -0.25) is 9.59 Å². The SMILES string of the molecule is CSCC[C@H](NC(=O)OC(C)(C)C)C(=O)NCC#CCNC(=O)[C@H](CCSC)NC(=O)OC(C)(C)C. The summed E-state index contributed by atoms with van der Waals surface area (Å²) in [7, 11) is 0. The highest BCUT2D eigenvalue weighted by atomic mass is 32.2. The van der Waals surface area contributed by atoms with E-state index in [-0.39, 0.29) is 24.9 Å². The fourth-order valence-electron chi connectivity index (χ4n) is 2.54. The van der Waals surface area contributed by atoms with Crippen LogP contribution >= 0.6 is 23.5 Å². The second-order valence-corrected chi connectivity index (χ2v) is 11.7. The van der Waals surface area contributed by atoms with Crippen LogP contribution in [-0.2, 0) is 19.1 Å². The Hall–Kier alpha value is -2.26. The molecule has 0 aliphatic carbocycles. The molecule has 0 heterocycles. The first-order valence-electron chi connectivity index (χ1n) is 11.7. The molecule has 0 aromatic heterocycles. The molecule has 4 amide bonds. The summed E-state index contributed by atoms with van der Waals surface area (Å²) in [5.41, 5.74) is -1.34. The van der Waals surface area contributed by atoms with Gasteiger partial charge in [0.1, 0.15) is 23.3 Å². The average molecular weight is 547 g/mol. The van der Waals surface area contributed by atoms with Gasteiger partial charge in [0.05, 0.1) is 13.1 Å². The number of nitrogens with one attached hydrogen (secondary N) is 4. The van der Waals surface area contributed by atoms with E-state index in [1.807, 2.05) is 12.5 Å². The first-order chi connectivity index (χ1) is 16.7. The van der Waals surface area contributed by atoms with E-state index in [1.165, 1.54) is 0 Å². The molecule has 0 rings (SSSR count). The molecule has 0 aliphatic heterocycles. The van der Waals surface area contributed by atoms with E-state index in [1.54, 1.807) is 65.1 Å². The Labute approximate surface area is 223 Å². The van der Waals surface area contributed by atoms with E-state index >= 15 is 0 Å². The van der Waals surface area contributed by atoms with Gasteiger partial charge in [-0.25, -0.2) is 9.59 Å². The lowest BCUT2D eigenvalue weighted by Crippen LogP contribution is -2.48. The molecule has 0 bridgehead atoms. The predicted octanol–water partition coefficient (Wildman–Crippen LogP) is 2.52. The van der Waals surface area contributed by atoms with E-state index in [2.05, 4.69) is 33.1 Å². The predicted molar refractivity (Wildman–Crippen MR) is 146 cm³/mol. The average Bonchev–Trinajstić information content (AvgIpc) is 2.73. The highest BCUT2D eigenvalue weighted by Gasteiger charge is 2.25. The normalized spacial score (nSPS) is 12.8. The number of thioether (sulfide) groups is 2. The zero-order chi connectivity index (χ0) is 27.8. The molecular formula is C24H42N4O6S2. The van der Waals surface area contributed by atoms with Gasteiger partial charge in [-0.05, 0) is 78.4 Å². The Morgan fingerprint density at radius 1 is 0.694 bits per heavy atom. The third kappa shape index (κ3) is 18.1. The maximum absolute atomic E-state index is 12.5. The Morgan fingerprint density at radius 2 is 1.03 bits per heavy atom. The number of hydrogen-bond donors (Lipinski definition) is 4. The minimum Gasteiger partial charge on any atom is -0.444 e. The number of carbonyl (C=O) groups excluding carboxylic acids is 4. The van der Waals surface area contributed by atoms with Crippen molar-refractivity contribution in [2.24, 2.45) is 0 Å². The fourth-order valence-corrected chi connectivity index (χ4v) is 3.49. The lowest BCUT2D eigenvalue weighted by molar-refractivity contribution is -0.123. The molecule has 0 aromatic carbocycles. The van der Waals surface area contributed by atoms with Crippen molar-refractivity contribution in [3.63, 3.8) is 0 Å². The summed E-state index contributed by atoms with van der Waals surface area (Å²) in [5.74, 6) is 6.16. The minimum absolute atomic E-state index is 0.0481. The van der Waals surface area contributed by atoms with Crippen molar-refractivity contribution in [1.29, 1.82) is 0 Å². The van der Waals surface area contributed by atoms with Gasteiger partial charge in [-0.1, -0.05) is 11.8 Å². The number of alkyl carbamates (subject to hydrolysis) is 2. The van der Waals surface area contributed by atoms with Crippen LogP contribution in [0, 0.1) is 11.8 Å². The number of amides is 4. The fraction of sp³-hybridized carbons (Fsp3) is 0.750. The van der Waals surface area contributed by atoms with Crippen molar-refractivity contribution in [2.75, 3.05) is 37.1 Å². The van der Waals surface area contributed by atoms with Crippen LogP contribution in [-0.4, -0.2) is 84.4 Å². The Kier molecular flexibility index (Phi) is 16.2. The van der Waals surface area contributed by atoms with Crippen LogP contribution in [0.15, 0.2) is 0 Å². The molecule has 12 heteroatoms. The Bertz CT molecular complexity index is 722. The standard InChI is InChI=1S/C24H42N4O6S2/c1-23(2,3)33-21(31)27-17(11-15-35-7)19(29)25-13-9-10-14-26-20(30)18(12-16-36-8)28-22(32)34-24(4,5)6/h17-18H,11-16H2,1-8H3,(H,25,29)(H,26,30)(H,27,31)(H,28,32)/t17-,18-/m0/s1. The van der Waals surface area contributed by atoms with Gasteiger partial charge in [0.15, 0.2) is 0 Å². The summed E-state index contributed by atoms with van der Waals surface area (Å²) in [6, 6.07) is -1.49. The van der Waals surface area contributed by atoms with Crippen molar-refractivity contribution < 1.29 is 28.7 Å². The monoisotopic (exact) mass is 546 g/mol. The van der Waals surface area contributed by atoms with E-state index < -0.39 is 35.5 Å². The van der Waals surface area contributed by atoms with Crippen molar-refractivity contribution >= 4 is 47.5 Å². The highest BCUT2D eigenvalue weighted by Crippen LogP contribution is 2.09. The summed E-state index contributed by atoms with van der Waals surface area (Å²) >= 11 is 3.13. The van der Waals surface area contributed by atoms with Gasteiger partial charge in [-0.2, -0.15) is 23.5 Å². The molecule has 206 valence electrons. The Balaban J connectivity index is 4.72. The molecule has 4 N–H and O–H groups in total. The molecule has 0 spiro atoms.